The van der Waals surface area contributed by atoms with E-state index < -0.39 is 0 Å². The molecule has 2 heterocycles. The summed E-state index contributed by atoms with van der Waals surface area (Å²) in [6, 6.07) is 0. The average Bonchev–Trinajstić information content (AvgIpc) is 2.28. The van der Waals surface area contributed by atoms with Gasteiger partial charge in [0.25, 0.3) is 0 Å². The number of fused-ring (bicyclic) bond motifs is 1. The van der Waals surface area contributed by atoms with Crippen LogP contribution in [0.2, 0.25) is 0 Å². The molecule has 0 saturated carbocycles. The smallest absolute Gasteiger partial charge is 0.209 e. The SMILES string of the molecule is CC1=CN2CC(N)=CN=C2N1C. The summed E-state index contributed by atoms with van der Waals surface area (Å²) >= 11 is 0. The number of nitrogens with two attached hydrogens (primary N) is 1. The molecule has 0 aromatic heterocycles. The number of rotatable bonds is 0. The minimum Gasteiger partial charge on any atom is -0.399 e. The molecule has 0 saturated heterocycles. The first kappa shape index (κ1) is 7.21. The quantitative estimate of drug-likeness (QED) is 0.558. The molecule has 0 spiro atoms. The number of aliphatic imine (C=N–C) groups is 1. The number of hydrogen-bond donors (Lipinski definition) is 1. The fraction of sp³-hybridized carbons (Fsp3) is 0.375. The maximum absolute atomic E-state index is 5.65. The van der Waals surface area contributed by atoms with Crippen molar-refractivity contribution in [1.82, 2.24) is 9.80 Å². The molecule has 2 aliphatic heterocycles. The van der Waals surface area contributed by atoms with E-state index in [-0.39, 0.29) is 0 Å². The third kappa shape index (κ3) is 0.879. The second-order valence-electron chi connectivity index (χ2n) is 3.09. The lowest BCUT2D eigenvalue weighted by Crippen LogP contribution is -2.36. The van der Waals surface area contributed by atoms with Crippen molar-refractivity contribution < 1.29 is 0 Å². The van der Waals surface area contributed by atoms with Crippen molar-refractivity contribution in [3.05, 3.63) is 23.8 Å². The van der Waals surface area contributed by atoms with E-state index in [9.17, 15) is 0 Å². The van der Waals surface area contributed by atoms with Gasteiger partial charge in [0.1, 0.15) is 0 Å². The Morgan fingerprint density at radius 2 is 2.33 bits per heavy atom. The summed E-state index contributed by atoms with van der Waals surface area (Å²) < 4.78 is 0. The maximum atomic E-state index is 5.65. The van der Waals surface area contributed by atoms with Crippen molar-refractivity contribution >= 4 is 5.96 Å². The van der Waals surface area contributed by atoms with Crippen LogP contribution in [-0.4, -0.2) is 29.4 Å². The van der Waals surface area contributed by atoms with Gasteiger partial charge >= 0.3 is 0 Å². The van der Waals surface area contributed by atoms with Crippen LogP contribution in [0.4, 0.5) is 0 Å². The predicted octanol–water partition coefficient (Wildman–Crippen LogP) is 0.265. The van der Waals surface area contributed by atoms with Crippen molar-refractivity contribution in [3.63, 3.8) is 0 Å². The van der Waals surface area contributed by atoms with Crippen molar-refractivity contribution in [1.29, 1.82) is 0 Å². The summed E-state index contributed by atoms with van der Waals surface area (Å²) in [6.45, 7) is 2.80. The fourth-order valence-corrected chi connectivity index (χ4v) is 1.38. The molecule has 0 radical (unpaired) electrons. The highest BCUT2D eigenvalue weighted by Crippen LogP contribution is 2.18. The summed E-state index contributed by atoms with van der Waals surface area (Å²) in [5, 5.41) is 0. The number of hydrogen-bond acceptors (Lipinski definition) is 4. The van der Waals surface area contributed by atoms with Crippen molar-refractivity contribution in [2.75, 3.05) is 13.6 Å². The monoisotopic (exact) mass is 164 g/mol. The molecule has 2 rings (SSSR count). The molecule has 64 valence electrons. The molecule has 0 aromatic carbocycles. The topological polar surface area (TPSA) is 44.9 Å². The Kier molecular flexibility index (Phi) is 1.36. The Bertz CT molecular complexity index is 300. The Labute approximate surface area is 71.7 Å². The largest absolute Gasteiger partial charge is 0.399 e. The van der Waals surface area contributed by atoms with Gasteiger partial charge in [0.05, 0.1) is 12.7 Å². The first-order chi connectivity index (χ1) is 5.68. The second kappa shape index (κ2) is 2.27. The van der Waals surface area contributed by atoms with Crippen LogP contribution in [0.3, 0.4) is 0 Å². The van der Waals surface area contributed by atoms with Gasteiger partial charge in [-0.25, -0.2) is 4.99 Å². The maximum Gasteiger partial charge on any atom is 0.209 e. The normalized spacial score (nSPS) is 21.7. The van der Waals surface area contributed by atoms with E-state index in [1.165, 1.54) is 5.70 Å². The lowest BCUT2D eigenvalue weighted by Gasteiger charge is -2.23. The summed E-state index contributed by atoms with van der Waals surface area (Å²) in [5.41, 5.74) is 7.64. The summed E-state index contributed by atoms with van der Waals surface area (Å²) in [5.74, 6) is 0.960. The third-order valence-corrected chi connectivity index (χ3v) is 2.13. The van der Waals surface area contributed by atoms with E-state index in [1.54, 1.807) is 6.20 Å². The molecule has 12 heavy (non-hydrogen) atoms. The molecule has 0 fully saturated rings. The van der Waals surface area contributed by atoms with E-state index in [1.807, 2.05) is 16.8 Å². The Morgan fingerprint density at radius 1 is 1.58 bits per heavy atom. The van der Waals surface area contributed by atoms with Crippen molar-refractivity contribution in [2.45, 2.75) is 6.92 Å². The molecule has 0 aliphatic carbocycles. The van der Waals surface area contributed by atoms with Crippen LogP contribution < -0.4 is 5.73 Å². The fourth-order valence-electron chi connectivity index (χ4n) is 1.38. The third-order valence-electron chi connectivity index (χ3n) is 2.13. The second-order valence-corrected chi connectivity index (χ2v) is 3.09. The number of allylic oxidation sites excluding steroid dienone is 1. The van der Waals surface area contributed by atoms with Gasteiger partial charge in [0.2, 0.25) is 5.96 Å². The van der Waals surface area contributed by atoms with Crippen LogP contribution in [0.5, 0.6) is 0 Å². The average molecular weight is 164 g/mol. The molecular weight excluding hydrogens is 152 g/mol. The Balaban J connectivity index is 2.34. The van der Waals surface area contributed by atoms with Gasteiger partial charge in [0.15, 0.2) is 0 Å². The summed E-state index contributed by atoms with van der Waals surface area (Å²) in [6.07, 6.45) is 3.77. The molecule has 0 atom stereocenters. The Hall–Kier alpha value is -1.45. The van der Waals surface area contributed by atoms with Crippen LogP contribution in [-0.2, 0) is 0 Å². The molecular formula is C8H12N4. The predicted molar refractivity (Wildman–Crippen MR) is 47.9 cm³/mol. The van der Waals surface area contributed by atoms with Crippen LogP contribution in [0.25, 0.3) is 0 Å². The van der Waals surface area contributed by atoms with Gasteiger partial charge in [-0.05, 0) is 6.92 Å². The first-order valence-corrected chi connectivity index (χ1v) is 3.89. The number of nitrogens with zero attached hydrogens (tertiary/aromatic N) is 3. The highest BCUT2D eigenvalue weighted by atomic mass is 15.4. The highest BCUT2D eigenvalue weighted by molar-refractivity contribution is 5.86. The number of guanidine groups is 1. The van der Waals surface area contributed by atoms with E-state index >= 15 is 0 Å². The summed E-state index contributed by atoms with van der Waals surface area (Å²) in [7, 11) is 2.00. The van der Waals surface area contributed by atoms with Gasteiger partial charge in [0, 0.05) is 24.6 Å². The van der Waals surface area contributed by atoms with Crippen molar-refractivity contribution in [2.24, 2.45) is 10.7 Å². The van der Waals surface area contributed by atoms with Crippen LogP contribution in [0.1, 0.15) is 6.92 Å². The lowest BCUT2D eigenvalue weighted by molar-refractivity contribution is 0.537. The first-order valence-electron chi connectivity index (χ1n) is 3.89. The molecule has 4 nitrogen and oxygen atoms in total. The van der Waals surface area contributed by atoms with Gasteiger partial charge in [-0.2, -0.15) is 0 Å². The van der Waals surface area contributed by atoms with E-state index in [4.69, 9.17) is 5.73 Å². The highest BCUT2D eigenvalue weighted by Gasteiger charge is 2.24. The summed E-state index contributed by atoms with van der Waals surface area (Å²) in [4.78, 5) is 8.32. The van der Waals surface area contributed by atoms with Crippen LogP contribution in [0.15, 0.2) is 28.8 Å². The standard InChI is InChI=1S/C8H12N4/c1-6-4-12-5-7(9)3-10-8(12)11(6)2/h3-4H,5,9H2,1-2H3. The zero-order valence-corrected chi connectivity index (χ0v) is 7.28. The van der Waals surface area contributed by atoms with E-state index in [2.05, 4.69) is 18.1 Å². The zero-order chi connectivity index (χ0) is 8.72. The van der Waals surface area contributed by atoms with E-state index in [0.717, 1.165) is 18.2 Å². The molecule has 0 bridgehead atoms. The molecule has 0 aromatic rings. The van der Waals surface area contributed by atoms with Crippen molar-refractivity contribution in [3.8, 4) is 0 Å². The van der Waals surface area contributed by atoms with Gasteiger partial charge in [-0.3, -0.25) is 0 Å². The van der Waals surface area contributed by atoms with Crippen LogP contribution >= 0.6 is 0 Å². The molecule has 2 N–H and O–H groups in total. The van der Waals surface area contributed by atoms with Gasteiger partial charge in [-0.1, -0.05) is 0 Å². The zero-order valence-electron chi connectivity index (χ0n) is 7.28. The minimum atomic E-state index is 0.751. The van der Waals surface area contributed by atoms with Crippen LogP contribution in [0, 0.1) is 0 Å². The molecule has 0 unspecified atom stereocenters. The van der Waals surface area contributed by atoms with Gasteiger partial charge in [-0.15, -0.1) is 0 Å². The minimum absolute atomic E-state index is 0.751. The lowest BCUT2D eigenvalue weighted by atomic mass is 10.4. The molecule has 2 aliphatic rings. The molecule has 4 heteroatoms. The molecule has 0 amide bonds. The Morgan fingerprint density at radius 3 is 3.08 bits per heavy atom. The van der Waals surface area contributed by atoms with E-state index in [0.29, 0.717) is 0 Å². The van der Waals surface area contributed by atoms with Gasteiger partial charge < -0.3 is 15.5 Å².